The maximum Gasteiger partial charge on any atom is 0.234 e. The summed E-state index contributed by atoms with van der Waals surface area (Å²) in [5.74, 6) is 1.44. The Balaban J connectivity index is 1.92. The van der Waals surface area contributed by atoms with Crippen molar-refractivity contribution in [2.75, 3.05) is 0 Å². The molecule has 3 aromatic rings. The van der Waals surface area contributed by atoms with Gasteiger partial charge in [0.05, 0.1) is 5.92 Å². The molecule has 1 atom stereocenters. The maximum atomic E-state index is 5.48. The minimum Gasteiger partial charge on any atom is -0.338 e. The van der Waals surface area contributed by atoms with Crippen molar-refractivity contribution in [3.8, 4) is 11.4 Å². The minimum absolute atomic E-state index is 0.142. The Hall–Kier alpha value is -1.94. The molecule has 3 nitrogen and oxygen atoms in total. The van der Waals surface area contributed by atoms with Gasteiger partial charge in [0, 0.05) is 10.0 Å². The third-order valence-corrected chi connectivity index (χ3v) is 3.98. The summed E-state index contributed by atoms with van der Waals surface area (Å²) >= 11 is 3.42. The van der Waals surface area contributed by atoms with Gasteiger partial charge in [0.15, 0.2) is 0 Å². The van der Waals surface area contributed by atoms with Gasteiger partial charge in [-0.2, -0.15) is 4.98 Å². The second-order valence-electron chi connectivity index (χ2n) is 4.83. The highest BCUT2D eigenvalue weighted by Gasteiger charge is 2.19. The van der Waals surface area contributed by atoms with E-state index in [-0.39, 0.29) is 5.92 Å². The SMILES string of the molecule is CC[C@H](c1ccccc1)c1nc(-c2ccc(Br)cc2)no1. The summed E-state index contributed by atoms with van der Waals surface area (Å²) in [6.07, 6.45) is 0.923. The molecule has 0 radical (unpaired) electrons. The average molecular weight is 343 g/mol. The van der Waals surface area contributed by atoms with Crippen molar-refractivity contribution in [2.24, 2.45) is 0 Å². The molecule has 0 amide bonds. The number of rotatable bonds is 4. The van der Waals surface area contributed by atoms with E-state index in [1.165, 1.54) is 5.56 Å². The first-order valence-electron chi connectivity index (χ1n) is 6.92. The number of nitrogens with zero attached hydrogens (tertiary/aromatic N) is 2. The summed E-state index contributed by atoms with van der Waals surface area (Å²) in [6.45, 7) is 2.13. The summed E-state index contributed by atoms with van der Waals surface area (Å²) < 4.78 is 6.52. The number of aromatic nitrogens is 2. The highest BCUT2D eigenvalue weighted by atomic mass is 79.9. The van der Waals surface area contributed by atoms with Gasteiger partial charge in [-0.15, -0.1) is 0 Å². The van der Waals surface area contributed by atoms with Crippen LogP contribution in [-0.4, -0.2) is 10.1 Å². The molecule has 3 rings (SSSR count). The quantitative estimate of drug-likeness (QED) is 0.666. The summed E-state index contributed by atoms with van der Waals surface area (Å²) in [4.78, 5) is 4.56. The number of hydrogen-bond acceptors (Lipinski definition) is 3. The molecule has 0 bridgehead atoms. The number of hydrogen-bond donors (Lipinski definition) is 0. The van der Waals surface area contributed by atoms with Gasteiger partial charge in [0.25, 0.3) is 0 Å². The summed E-state index contributed by atoms with van der Waals surface area (Å²) in [7, 11) is 0. The monoisotopic (exact) mass is 342 g/mol. The first-order chi connectivity index (χ1) is 10.3. The lowest BCUT2D eigenvalue weighted by molar-refractivity contribution is 0.363. The molecule has 4 heteroatoms. The number of benzene rings is 2. The Labute approximate surface area is 132 Å². The molecular weight excluding hydrogens is 328 g/mol. The van der Waals surface area contributed by atoms with Gasteiger partial charge in [0.2, 0.25) is 11.7 Å². The van der Waals surface area contributed by atoms with Crippen LogP contribution in [0.15, 0.2) is 63.6 Å². The standard InChI is InChI=1S/C17H15BrN2O/c1-2-15(12-6-4-3-5-7-12)17-19-16(20-21-17)13-8-10-14(18)11-9-13/h3-11,15H,2H2,1H3/t15-/m1/s1. The fourth-order valence-corrected chi connectivity index (χ4v) is 2.60. The molecule has 0 saturated heterocycles. The van der Waals surface area contributed by atoms with Crippen LogP contribution in [0.1, 0.15) is 30.7 Å². The largest absolute Gasteiger partial charge is 0.338 e. The van der Waals surface area contributed by atoms with E-state index in [0.29, 0.717) is 11.7 Å². The maximum absolute atomic E-state index is 5.48. The van der Waals surface area contributed by atoms with Crippen molar-refractivity contribution in [3.63, 3.8) is 0 Å². The molecule has 21 heavy (non-hydrogen) atoms. The van der Waals surface area contributed by atoms with Crippen molar-refractivity contribution in [1.82, 2.24) is 10.1 Å². The van der Waals surface area contributed by atoms with Crippen molar-refractivity contribution >= 4 is 15.9 Å². The van der Waals surface area contributed by atoms with Crippen LogP contribution in [-0.2, 0) is 0 Å². The van der Waals surface area contributed by atoms with Crippen LogP contribution in [0.5, 0.6) is 0 Å². The first-order valence-corrected chi connectivity index (χ1v) is 7.71. The topological polar surface area (TPSA) is 38.9 Å². The van der Waals surface area contributed by atoms with Crippen LogP contribution in [0.25, 0.3) is 11.4 Å². The second-order valence-corrected chi connectivity index (χ2v) is 5.75. The van der Waals surface area contributed by atoms with E-state index in [0.717, 1.165) is 16.5 Å². The summed E-state index contributed by atoms with van der Waals surface area (Å²) in [5, 5.41) is 4.11. The Bertz CT molecular complexity index is 707. The lowest BCUT2D eigenvalue weighted by Crippen LogP contribution is -1.99. The van der Waals surface area contributed by atoms with Gasteiger partial charge in [-0.05, 0) is 36.2 Å². The molecule has 0 fully saturated rings. The van der Waals surface area contributed by atoms with Crippen LogP contribution in [0, 0.1) is 0 Å². The fourth-order valence-electron chi connectivity index (χ4n) is 2.33. The molecule has 106 valence electrons. The molecule has 2 aromatic carbocycles. The second kappa shape index (κ2) is 6.22. The van der Waals surface area contributed by atoms with E-state index in [1.54, 1.807) is 0 Å². The van der Waals surface area contributed by atoms with Gasteiger partial charge < -0.3 is 4.52 Å². The molecular formula is C17H15BrN2O. The predicted molar refractivity (Wildman–Crippen MR) is 86.0 cm³/mol. The lowest BCUT2D eigenvalue weighted by Gasteiger charge is -2.09. The Morgan fingerprint density at radius 1 is 1.05 bits per heavy atom. The van der Waals surface area contributed by atoms with Crippen molar-refractivity contribution in [1.29, 1.82) is 0 Å². The van der Waals surface area contributed by atoms with Crippen LogP contribution < -0.4 is 0 Å². The van der Waals surface area contributed by atoms with Crippen LogP contribution in [0.2, 0.25) is 0 Å². The average Bonchev–Trinajstić information content (AvgIpc) is 2.99. The van der Waals surface area contributed by atoms with Crippen molar-refractivity contribution in [2.45, 2.75) is 19.3 Å². The zero-order chi connectivity index (χ0) is 14.7. The normalized spacial score (nSPS) is 12.3. The molecule has 0 aliphatic carbocycles. The van der Waals surface area contributed by atoms with Crippen molar-refractivity contribution < 1.29 is 4.52 Å². The van der Waals surface area contributed by atoms with E-state index in [1.807, 2.05) is 42.5 Å². The molecule has 1 aromatic heterocycles. The smallest absolute Gasteiger partial charge is 0.234 e. The minimum atomic E-state index is 0.142. The van der Waals surface area contributed by atoms with Gasteiger partial charge in [-0.1, -0.05) is 58.3 Å². The molecule has 0 aliphatic heterocycles. The molecule has 0 N–H and O–H groups in total. The molecule has 0 unspecified atom stereocenters. The Morgan fingerprint density at radius 3 is 2.43 bits per heavy atom. The predicted octanol–water partition coefficient (Wildman–Crippen LogP) is 5.04. The third kappa shape index (κ3) is 3.05. The lowest BCUT2D eigenvalue weighted by atomic mass is 9.96. The summed E-state index contributed by atoms with van der Waals surface area (Å²) in [6, 6.07) is 18.2. The van der Waals surface area contributed by atoms with Gasteiger partial charge >= 0.3 is 0 Å². The van der Waals surface area contributed by atoms with Crippen LogP contribution in [0.3, 0.4) is 0 Å². The molecule has 0 spiro atoms. The number of halogens is 1. The highest BCUT2D eigenvalue weighted by Crippen LogP contribution is 2.28. The van der Waals surface area contributed by atoms with Crippen molar-refractivity contribution in [3.05, 3.63) is 70.5 Å². The zero-order valence-electron chi connectivity index (χ0n) is 11.7. The van der Waals surface area contributed by atoms with E-state index in [4.69, 9.17) is 4.52 Å². The van der Waals surface area contributed by atoms with E-state index < -0.39 is 0 Å². The highest BCUT2D eigenvalue weighted by molar-refractivity contribution is 9.10. The van der Waals surface area contributed by atoms with Gasteiger partial charge in [0.1, 0.15) is 0 Å². The van der Waals surface area contributed by atoms with Gasteiger partial charge in [-0.25, -0.2) is 0 Å². The van der Waals surface area contributed by atoms with Crippen LogP contribution in [0.4, 0.5) is 0 Å². The van der Waals surface area contributed by atoms with E-state index >= 15 is 0 Å². The Morgan fingerprint density at radius 2 is 1.76 bits per heavy atom. The molecule has 0 saturated carbocycles. The first kappa shape index (κ1) is 14.0. The fraction of sp³-hybridized carbons (Fsp3) is 0.176. The Kier molecular flexibility index (Phi) is 4.15. The van der Waals surface area contributed by atoms with Crippen LogP contribution >= 0.6 is 15.9 Å². The van der Waals surface area contributed by atoms with Gasteiger partial charge in [-0.3, -0.25) is 0 Å². The van der Waals surface area contributed by atoms with E-state index in [2.05, 4.69) is 45.1 Å². The molecule has 0 aliphatic rings. The summed E-state index contributed by atoms with van der Waals surface area (Å²) in [5.41, 5.74) is 2.15. The molecule has 1 heterocycles. The van der Waals surface area contributed by atoms with E-state index in [9.17, 15) is 0 Å². The third-order valence-electron chi connectivity index (χ3n) is 3.45. The zero-order valence-corrected chi connectivity index (χ0v) is 13.2.